The molecule has 1 atom stereocenters. The fraction of sp³-hybridized carbons (Fsp3) is 0.471. The van der Waals surface area contributed by atoms with Crippen molar-refractivity contribution in [2.45, 2.75) is 44.6 Å². The van der Waals surface area contributed by atoms with Crippen LogP contribution >= 0.6 is 0 Å². The van der Waals surface area contributed by atoms with Crippen molar-refractivity contribution in [3.63, 3.8) is 0 Å². The predicted octanol–water partition coefficient (Wildman–Crippen LogP) is 4.43. The first-order valence-electron chi connectivity index (χ1n) is 7.39. The highest BCUT2D eigenvalue weighted by atomic mass is 16.3. The summed E-state index contributed by atoms with van der Waals surface area (Å²) in [4.78, 5) is 11.2. The summed E-state index contributed by atoms with van der Waals surface area (Å²) >= 11 is 0. The van der Waals surface area contributed by atoms with E-state index < -0.39 is 0 Å². The molecule has 0 heterocycles. The molecule has 20 heavy (non-hydrogen) atoms. The van der Waals surface area contributed by atoms with Crippen molar-refractivity contribution in [2.24, 2.45) is 11.1 Å². The molecule has 0 saturated heterocycles. The van der Waals surface area contributed by atoms with Gasteiger partial charge in [0.25, 0.3) is 0 Å². The molecule has 1 aromatic rings. The molecule has 0 amide bonds. The summed E-state index contributed by atoms with van der Waals surface area (Å²) in [7, 11) is 0. The van der Waals surface area contributed by atoms with Crippen LogP contribution in [0.4, 0.5) is 0 Å². The number of hydrogen-bond donors (Lipinski definition) is 0. The Labute approximate surface area is 119 Å². The zero-order valence-electron chi connectivity index (χ0n) is 11.5. The standard InChI is InChI=1S/C17H18N2O/c18-11-12-4-3-7-14(10-12)17-15(8-9-16(17)19-20)13-5-1-2-6-13/h3-4,7,10,13,16H,1-2,5-6,8-9H2. The monoisotopic (exact) mass is 266 g/mol. The minimum Gasteiger partial charge on any atom is -0.192 e. The Kier molecular flexibility index (Phi) is 3.64. The Morgan fingerprint density at radius 2 is 2.00 bits per heavy atom. The van der Waals surface area contributed by atoms with Gasteiger partial charge in [0, 0.05) is 0 Å². The molecule has 1 fully saturated rings. The van der Waals surface area contributed by atoms with E-state index in [1.165, 1.54) is 31.3 Å². The van der Waals surface area contributed by atoms with Gasteiger partial charge >= 0.3 is 0 Å². The number of nitroso groups, excluding NO2 is 1. The largest absolute Gasteiger partial charge is 0.192 e. The zero-order valence-corrected chi connectivity index (χ0v) is 11.5. The number of allylic oxidation sites excluding steroid dienone is 1. The average molecular weight is 266 g/mol. The number of hydrogen-bond acceptors (Lipinski definition) is 3. The van der Waals surface area contributed by atoms with E-state index in [-0.39, 0.29) is 6.04 Å². The Hall–Kier alpha value is -1.95. The van der Waals surface area contributed by atoms with Crippen LogP contribution < -0.4 is 0 Å². The van der Waals surface area contributed by atoms with E-state index in [2.05, 4.69) is 11.2 Å². The van der Waals surface area contributed by atoms with Gasteiger partial charge in [0.15, 0.2) is 0 Å². The first-order chi connectivity index (χ1) is 9.83. The van der Waals surface area contributed by atoms with Gasteiger partial charge in [-0.05, 0) is 54.9 Å². The molecule has 2 aliphatic carbocycles. The summed E-state index contributed by atoms with van der Waals surface area (Å²) in [5.74, 6) is 0.627. The van der Waals surface area contributed by atoms with Crippen molar-refractivity contribution in [1.29, 1.82) is 5.26 Å². The van der Waals surface area contributed by atoms with Crippen molar-refractivity contribution in [1.82, 2.24) is 0 Å². The molecular weight excluding hydrogens is 248 g/mol. The van der Waals surface area contributed by atoms with Crippen LogP contribution in [0, 0.1) is 22.2 Å². The van der Waals surface area contributed by atoms with Crippen molar-refractivity contribution < 1.29 is 0 Å². The Bertz CT molecular complexity index is 591. The van der Waals surface area contributed by atoms with Gasteiger partial charge < -0.3 is 0 Å². The second-order valence-electron chi connectivity index (χ2n) is 5.77. The van der Waals surface area contributed by atoms with Crippen molar-refractivity contribution >= 4 is 5.57 Å². The van der Waals surface area contributed by atoms with Crippen molar-refractivity contribution in [3.8, 4) is 6.07 Å². The van der Waals surface area contributed by atoms with Crippen LogP contribution in [-0.4, -0.2) is 6.04 Å². The Morgan fingerprint density at radius 3 is 2.70 bits per heavy atom. The van der Waals surface area contributed by atoms with Crippen molar-refractivity contribution in [2.75, 3.05) is 0 Å². The highest BCUT2D eigenvalue weighted by molar-refractivity contribution is 5.76. The van der Waals surface area contributed by atoms with Gasteiger partial charge in [-0.25, -0.2) is 0 Å². The molecule has 0 aromatic heterocycles. The number of rotatable bonds is 3. The summed E-state index contributed by atoms with van der Waals surface area (Å²) in [6, 6.07) is 9.56. The lowest BCUT2D eigenvalue weighted by Gasteiger charge is -2.15. The highest BCUT2D eigenvalue weighted by Gasteiger charge is 2.32. The predicted molar refractivity (Wildman–Crippen MR) is 78.9 cm³/mol. The molecule has 1 saturated carbocycles. The van der Waals surface area contributed by atoms with Crippen LogP contribution in [0.5, 0.6) is 0 Å². The minimum atomic E-state index is -0.223. The van der Waals surface area contributed by atoms with Gasteiger partial charge in [0.05, 0.1) is 11.6 Å². The molecular formula is C17H18N2O. The molecule has 0 radical (unpaired) electrons. The Balaban J connectivity index is 2.06. The smallest absolute Gasteiger partial charge is 0.118 e. The molecule has 0 N–H and O–H groups in total. The molecule has 0 aliphatic heterocycles. The molecule has 2 aliphatic rings. The van der Waals surface area contributed by atoms with Crippen LogP contribution in [0.2, 0.25) is 0 Å². The lowest BCUT2D eigenvalue weighted by Crippen LogP contribution is -2.04. The average Bonchev–Trinajstić information content (AvgIpc) is 3.15. The van der Waals surface area contributed by atoms with Gasteiger partial charge in [-0.1, -0.05) is 35.7 Å². The molecule has 1 unspecified atom stereocenters. The third-order valence-electron chi connectivity index (χ3n) is 4.64. The molecule has 0 spiro atoms. The van der Waals surface area contributed by atoms with Gasteiger partial charge in [-0.2, -0.15) is 10.2 Å². The summed E-state index contributed by atoms with van der Waals surface area (Å²) < 4.78 is 0. The molecule has 3 heteroatoms. The summed E-state index contributed by atoms with van der Waals surface area (Å²) in [6.07, 6.45) is 6.89. The zero-order chi connectivity index (χ0) is 13.9. The molecule has 102 valence electrons. The minimum absolute atomic E-state index is 0.223. The Morgan fingerprint density at radius 1 is 1.20 bits per heavy atom. The highest BCUT2D eigenvalue weighted by Crippen LogP contribution is 2.44. The SMILES string of the molecule is N#Cc1cccc(C2=C(C3CCCC3)CCC2N=O)c1. The number of nitrogens with zero attached hydrogens (tertiary/aromatic N) is 2. The molecule has 0 bridgehead atoms. The molecule has 1 aromatic carbocycles. The first kappa shape index (κ1) is 13.1. The number of benzene rings is 1. The van der Waals surface area contributed by atoms with Crippen LogP contribution in [0.25, 0.3) is 5.57 Å². The maximum atomic E-state index is 11.2. The van der Waals surface area contributed by atoms with Crippen LogP contribution in [-0.2, 0) is 0 Å². The van der Waals surface area contributed by atoms with E-state index in [1.807, 2.05) is 18.2 Å². The van der Waals surface area contributed by atoms with E-state index in [1.54, 1.807) is 6.07 Å². The quantitative estimate of drug-likeness (QED) is 0.760. The first-order valence-corrected chi connectivity index (χ1v) is 7.39. The maximum absolute atomic E-state index is 11.2. The van der Waals surface area contributed by atoms with E-state index >= 15 is 0 Å². The van der Waals surface area contributed by atoms with Crippen LogP contribution in [0.3, 0.4) is 0 Å². The summed E-state index contributed by atoms with van der Waals surface area (Å²) in [5, 5.41) is 12.4. The third kappa shape index (κ3) is 2.27. The van der Waals surface area contributed by atoms with E-state index in [0.29, 0.717) is 11.5 Å². The lowest BCUT2D eigenvalue weighted by atomic mass is 9.90. The molecule has 3 rings (SSSR count). The fourth-order valence-electron chi connectivity index (χ4n) is 3.72. The normalized spacial score (nSPS) is 23.1. The second kappa shape index (κ2) is 5.58. The van der Waals surface area contributed by atoms with Gasteiger partial charge in [-0.15, -0.1) is 0 Å². The van der Waals surface area contributed by atoms with Crippen LogP contribution in [0.15, 0.2) is 35.0 Å². The van der Waals surface area contributed by atoms with E-state index in [4.69, 9.17) is 5.26 Å². The topological polar surface area (TPSA) is 53.2 Å². The fourth-order valence-corrected chi connectivity index (χ4v) is 3.72. The second-order valence-corrected chi connectivity index (χ2v) is 5.77. The third-order valence-corrected chi connectivity index (χ3v) is 4.64. The van der Waals surface area contributed by atoms with Gasteiger partial charge in [0.2, 0.25) is 0 Å². The maximum Gasteiger partial charge on any atom is 0.118 e. The number of nitriles is 1. The van der Waals surface area contributed by atoms with Crippen molar-refractivity contribution in [3.05, 3.63) is 45.9 Å². The lowest BCUT2D eigenvalue weighted by molar-refractivity contribution is 0.618. The van der Waals surface area contributed by atoms with Gasteiger partial charge in [0.1, 0.15) is 6.04 Å². The van der Waals surface area contributed by atoms with Gasteiger partial charge in [-0.3, -0.25) is 0 Å². The molecule has 3 nitrogen and oxygen atoms in total. The van der Waals surface area contributed by atoms with E-state index in [9.17, 15) is 4.91 Å². The van der Waals surface area contributed by atoms with E-state index in [0.717, 1.165) is 24.0 Å². The van der Waals surface area contributed by atoms with Crippen LogP contribution in [0.1, 0.15) is 49.7 Å². The summed E-state index contributed by atoms with van der Waals surface area (Å²) in [6.45, 7) is 0. The summed E-state index contributed by atoms with van der Waals surface area (Å²) in [5.41, 5.74) is 4.22.